The van der Waals surface area contributed by atoms with Crippen molar-refractivity contribution in [1.29, 1.82) is 0 Å². The third-order valence-electron chi connectivity index (χ3n) is 4.43. The van der Waals surface area contributed by atoms with Gasteiger partial charge in [0, 0.05) is 26.2 Å². The summed E-state index contributed by atoms with van der Waals surface area (Å²) in [6.45, 7) is 1.98. The second-order valence-electron chi connectivity index (χ2n) is 6.14. The van der Waals surface area contributed by atoms with E-state index in [-0.39, 0.29) is 24.5 Å². The molecule has 1 aromatic heterocycles. The normalized spacial score (nSPS) is 25.7. The van der Waals surface area contributed by atoms with Crippen molar-refractivity contribution in [2.45, 2.75) is 36.0 Å². The van der Waals surface area contributed by atoms with Crippen molar-refractivity contribution in [1.82, 2.24) is 9.62 Å². The van der Waals surface area contributed by atoms with Gasteiger partial charge in [0.25, 0.3) is 10.0 Å². The van der Waals surface area contributed by atoms with Crippen LogP contribution >= 0.6 is 27.3 Å². The Morgan fingerprint density at radius 3 is 2.88 bits per heavy atom. The van der Waals surface area contributed by atoms with E-state index in [1.807, 2.05) is 0 Å². The van der Waals surface area contributed by atoms with E-state index in [0.717, 1.165) is 29.7 Å². The minimum atomic E-state index is -3.52. The Morgan fingerprint density at radius 2 is 2.21 bits per heavy atom. The molecule has 2 saturated heterocycles. The first-order valence-corrected chi connectivity index (χ1v) is 11.2. The lowest BCUT2D eigenvalue weighted by Crippen LogP contribution is -2.46. The maximum atomic E-state index is 12.7. The van der Waals surface area contributed by atoms with Crippen molar-refractivity contribution in [2.75, 3.05) is 26.2 Å². The summed E-state index contributed by atoms with van der Waals surface area (Å²) in [7, 11) is -3.52. The van der Waals surface area contributed by atoms with E-state index in [0.29, 0.717) is 23.7 Å². The number of nitrogens with zero attached hydrogens (tertiary/aromatic N) is 1. The monoisotopic (exact) mass is 436 g/mol. The molecular weight excluding hydrogens is 416 g/mol. The highest BCUT2D eigenvalue weighted by Gasteiger charge is 2.34. The molecule has 2 unspecified atom stereocenters. The first-order chi connectivity index (χ1) is 11.5. The molecule has 0 bridgehead atoms. The molecule has 0 aromatic carbocycles. The fraction of sp³-hybridized carbons (Fsp3) is 0.667. The second kappa shape index (κ2) is 7.82. The summed E-state index contributed by atoms with van der Waals surface area (Å²) >= 11 is 4.49. The molecule has 1 amide bonds. The van der Waals surface area contributed by atoms with Crippen molar-refractivity contribution < 1.29 is 17.9 Å². The summed E-state index contributed by atoms with van der Waals surface area (Å²) in [6, 6.07) is 3.33. The zero-order chi connectivity index (χ0) is 17.2. The number of hydrogen-bond donors (Lipinski definition) is 1. The average Bonchev–Trinajstić information content (AvgIpc) is 3.24. The summed E-state index contributed by atoms with van der Waals surface area (Å²) in [5.41, 5.74) is 0. The second-order valence-corrected chi connectivity index (χ2v) is 10.8. The highest BCUT2D eigenvalue weighted by molar-refractivity contribution is 9.11. The quantitative estimate of drug-likeness (QED) is 0.767. The van der Waals surface area contributed by atoms with E-state index < -0.39 is 10.0 Å². The van der Waals surface area contributed by atoms with Crippen LogP contribution in [0.3, 0.4) is 0 Å². The molecule has 9 heteroatoms. The number of hydrogen-bond acceptors (Lipinski definition) is 5. The number of ether oxygens (including phenoxy) is 1. The molecule has 1 N–H and O–H groups in total. The number of sulfonamides is 1. The molecule has 0 radical (unpaired) electrons. The number of amides is 1. The van der Waals surface area contributed by atoms with Gasteiger partial charge < -0.3 is 10.1 Å². The van der Waals surface area contributed by atoms with E-state index in [1.54, 1.807) is 12.1 Å². The van der Waals surface area contributed by atoms with Gasteiger partial charge in [0.1, 0.15) is 4.21 Å². The summed E-state index contributed by atoms with van der Waals surface area (Å²) in [5.74, 6) is -0.365. The summed E-state index contributed by atoms with van der Waals surface area (Å²) in [6.07, 6.45) is 3.52. The number of thiophene rings is 1. The molecule has 2 aliphatic rings. The third-order valence-corrected chi connectivity index (χ3v) is 8.38. The van der Waals surface area contributed by atoms with Gasteiger partial charge in [0.15, 0.2) is 0 Å². The Hall–Kier alpha value is -0.480. The lowest BCUT2D eigenvalue weighted by Gasteiger charge is -2.31. The van der Waals surface area contributed by atoms with E-state index >= 15 is 0 Å². The van der Waals surface area contributed by atoms with Crippen LogP contribution in [0.25, 0.3) is 0 Å². The van der Waals surface area contributed by atoms with Crippen LogP contribution in [0.4, 0.5) is 0 Å². The summed E-state index contributed by atoms with van der Waals surface area (Å²) < 4.78 is 33.4. The first-order valence-electron chi connectivity index (χ1n) is 8.11. The smallest absolute Gasteiger partial charge is 0.252 e. The molecule has 6 nitrogen and oxygen atoms in total. The molecule has 1 aromatic rings. The number of carbonyl (C=O) groups excluding carboxylic acids is 1. The highest BCUT2D eigenvalue weighted by atomic mass is 79.9. The molecule has 2 fully saturated rings. The molecule has 0 saturated carbocycles. The van der Waals surface area contributed by atoms with E-state index in [1.165, 1.54) is 15.6 Å². The van der Waals surface area contributed by atoms with Crippen molar-refractivity contribution in [3.8, 4) is 0 Å². The largest absolute Gasteiger partial charge is 0.376 e. The maximum Gasteiger partial charge on any atom is 0.252 e. The van der Waals surface area contributed by atoms with Gasteiger partial charge in [-0.1, -0.05) is 0 Å². The Balaban J connectivity index is 1.60. The zero-order valence-corrected chi connectivity index (χ0v) is 16.5. The molecule has 0 spiro atoms. The average molecular weight is 437 g/mol. The first kappa shape index (κ1) is 18.3. The molecule has 134 valence electrons. The summed E-state index contributed by atoms with van der Waals surface area (Å²) in [5, 5.41) is 2.92. The Bertz CT molecular complexity index is 685. The van der Waals surface area contributed by atoms with Crippen LogP contribution in [-0.2, 0) is 19.6 Å². The van der Waals surface area contributed by atoms with Gasteiger partial charge >= 0.3 is 0 Å². The molecular formula is C15H21BrN2O4S2. The predicted octanol–water partition coefficient (Wildman–Crippen LogP) is 2.21. The third kappa shape index (κ3) is 4.19. The fourth-order valence-corrected chi connectivity index (χ4v) is 6.79. The number of carbonyl (C=O) groups is 1. The molecule has 3 heterocycles. The van der Waals surface area contributed by atoms with Crippen LogP contribution in [0.15, 0.2) is 20.1 Å². The topological polar surface area (TPSA) is 75.7 Å². The van der Waals surface area contributed by atoms with E-state index in [9.17, 15) is 13.2 Å². The minimum Gasteiger partial charge on any atom is -0.376 e. The molecule has 3 rings (SSSR count). The highest BCUT2D eigenvalue weighted by Crippen LogP contribution is 2.30. The Labute approximate surface area is 154 Å². The van der Waals surface area contributed by atoms with Gasteiger partial charge in [-0.2, -0.15) is 4.31 Å². The number of halogens is 1. The van der Waals surface area contributed by atoms with Gasteiger partial charge in [0.2, 0.25) is 5.91 Å². The van der Waals surface area contributed by atoms with Gasteiger partial charge in [0.05, 0.1) is 15.8 Å². The van der Waals surface area contributed by atoms with E-state index in [2.05, 4.69) is 21.2 Å². The van der Waals surface area contributed by atoms with Crippen molar-refractivity contribution in [3.05, 3.63) is 15.9 Å². The van der Waals surface area contributed by atoms with Crippen molar-refractivity contribution >= 4 is 43.2 Å². The van der Waals surface area contributed by atoms with Gasteiger partial charge in [-0.25, -0.2) is 8.42 Å². The Morgan fingerprint density at radius 1 is 1.38 bits per heavy atom. The molecule has 2 atom stereocenters. The number of rotatable bonds is 5. The van der Waals surface area contributed by atoms with Crippen LogP contribution in [0, 0.1) is 5.92 Å². The van der Waals surface area contributed by atoms with Crippen LogP contribution in [0.1, 0.15) is 25.7 Å². The van der Waals surface area contributed by atoms with E-state index in [4.69, 9.17) is 4.74 Å². The number of nitrogens with one attached hydrogen (secondary N) is 1. The van der Waals surface area contributed by atoms with Crippen molar-refractivity contribution in [3.63, 3.8) is 0 Å². The summed E-state index contributed by atoms with van der Waals surface area (Å²) in [4.78, 5) is 12.4. The van der Waals surface area contributed by atoms with Gasteiger partial charge in [-0.15, -0.1) is 11.3 Å². The molecule has 2 aliphatic heterocycles. The zero-order valence-electron chi connectivity index (χ0n) is 13.2. The lowest BCUT2D eigenvalue weighted by molar-refractivity contribution is -0.126. The standard InChI is InChI=1S/C15H21BrN2O4S2/c16-13-5-6-14(23-13)24(20,21)18-7-1-3-11(10-18)15(19)17-9-12-4-2-8-22-12/h5-6,11-12H,1-4,7-10H2,(H,17,19). The van der Waals surface area contributed by atoms with Crippen LogP contribution < -0.4 is 5.32 Å². The van der Waals surface area contributed by atoms with Crippen LogP contribution in [0.5, 0.6) is 0 Å². The Kier molecular flexibility index (Phi) is 5.97. The van der Waals surface area contributed by atoms with Gasteiger partial charge in [-0.3, -0.25) is 4.79 Å². The lowest BCUT2D eigenvalue weighted by atomic mass is 9.99. The van der Waals surface area contributed by atoms with Crippen molar-refractivity contribution in [2.24, 2.45) is 5.92 Å². The minimum absolute atomic E-state index is 0.0715. The van der Waals surface area contributed by atoms with Gasteiger partial charge in [-0.05, 0) is 53.7 Å². The molecule has 0 aliphatic carbocycles. The maximum absolute atomic E-state index is 12.7. The predicted molar refractivity (Wildman–Crippen MR) is 95.5 cm³/mol. The van der Waals surface area contributed by atoms with Crippen LogP contribution in [0.2, 0.25) is 0 Å². The fourth-order valence-electron chi connectivity index (χ4n) is 3.10. The SMILES string of the molecule is O=C(NCC1CCCO1)C1CCCN(S(=O)(=O)c2ccc(Br)s2)C1. The van der Waals surface area contributed by atoms with Crippen LogP contribution in [-0.4, -0.2) is 51.0 Å². The number of piperidine rings is 1. The molecule has 24 heavy (non-hydrogen) atoms.